The molecule has 6 heteroatoms. The lowest BCUT2D eigenvalue weighted by Gasteiger charge is -2.32. The Balaban J connectivity index is 1.60. The number of aromatic nitrogens is 1. The molecule has 0 atom stereocenters. The molecule has 5 rings (SSSR count). The zero-order valence-electron chi connectivity index (χ0n) is 18.5. The quantitative estimate of drug-likeness (QED) is 0.579. The summed E-state index contributed by atoms with van der Waals surface area (Å²) in [6.07, 6.45) is 3.84. The number of benzene rings is 2. The molecule has 0 bridgehead atoms. The number of Topliss-reactive ketones (excluding diaryl/α,β-unsaturated/α-hetero) is 1. The summed E-state index contributed by atoms with van der Waals surface area (Å²) in [6, 6.07) is 8.22. The summed E-state index contributed by atoms with van der Waals surface area (Å²) in [5, 5.41) is 1.01. The minimum atomic E-state index is -0.0862. The van der Waals surface area contributed by atoms with Crippen molar-refractivity contribution in [3.05, 3.63) is 58.5 Å². The summed E-state index contributed by atoms with van der Waals surface area (Å²) >= 11 is 0. The second-order valence-corrected chi connectivity index (χ2v) is 8.51. The van der Waals surface area contributed by atoms with Crippen LogP contribution in [-0.2, 0) is 13.6 Å². The van der Waals surface area contributed by atoms with Crippen LogP contribution in [0.15, 0.2) is 36.2 Å². The predicted molar refractivity (Wildman–Crippen MR) is 120 cm³/mol. The Bertz CT molecular complexity index is 1250. The third kappa shape index (κ3) is 3.10. The second-order valence-electron chi connectivity index (χ2n) is 8.51. The highest BCUT2D eigenvalue weighted by Crippen LogP contribution is 2.44. The maximum atomic E-state index is 13.3. The highest BCUT2D eigenvalue weighted by Gasteiger charge is 2.36. The van der Waals surface area contributed by atoms with Crippen LogP contribution >= 0.6 is 0 Å². The van der Waals surface area contributed by atoms with E-state index in [0.29, 0.717) is 36.4 Å². The normalized spacial score (nSPS) is 17.1. The molecule has 160 valence electrons. The van der Waals surface area contributed by atoms with Gasteiger partial charge in [-0.3, -0.25) is 9.69 Å². The van der Waals surface area contributed by atoms with Crippen molar-refractivity contribution in [1.82, 2.24) is 9.47 Å². The van der Waals surface area contributed by atoms with Gasteiger partial charge in [0.05, 0.1) is 18.2 Å². The number of hydrogen-bond acceptors (Lipinski definition) is 5. The minimum Gasteiger partial charge on any atom is -0.497 e. The number of carbonyl (C=O) groups excluding carboxylic acids is 1. The summed E-state index contributed by atoms with van der Waals surface area (Å²) < 4.78 is 19.6. The van der Waals surface area contributed by atoms with Gasteiger partial charge in [0, 0.05) is 42.3 Å². The molecule has 3 aromatic rings. The van der Waals surface area contributed by atoms with E-state index in [1.54, 1.807) is 7.11 Å². The van der Waals surface area contributed by atoms with Crippen molar-refractivity contribution in [1.29, 1.82) is 0 Å². The monoisotopic (exact) mass is 418 g/mol. The van der Waals surface area contributed by atoms with Crippen molar-refractivity contribution >= 4 is 22.8 Å². The number of carbonyl (C=O) groups is 1. The van der Waals surface area contributed by atoms with Gasteiger partial charge in [0.25, 0.3) is 0 Å². The van der Waals surface area contributed by atoms with E-state index in [0.717, 1.165) is 39.1 Å². The lowest BCUT2D eigenvalue weighted by atomic mass is 9.98. The topological polar surface area (TPSA) is 52.9 Å². The first-order valence-electron chi connectivity index (χ1n) is 10.5. The van der Waals surface area contributed by atoms with E-state index in [-0.39, 0.29) is 5.78 Å². The van der Waals surface area contributed by atoms with Gasteiger partial charge in [-0.1, -0.05) is 0 Å². The van der Waals surface area contributed by atoms with Crippen molar-refractivity contribution in [3.8, 4) is 17.2 Å². The van der Waals surface area contributed by atoms with Crippen molar-refractivity contribution in [3.63, 3.8) is 0 Å². The van der Waals surface area contributed by atoms with Gasteiger partial charge in [-0.15, -0.1) is 0 Å². The maximum absolute atomic E-state index is 13.3. The molecule has 0 amide bonds. The van der Waals surface area contributed by atoms with Gasteiger partial charge >= 0.3 is 0 Å². The van der Waals surface area contributed by atoms with Crippen LogP contribution in [0.5, 0.6) is 17.2 Å². The van der Waals surface area contributed by atoms with E-state index in [4.69, 9.17) is 14.2 Å². The average molecular weight is 418 g/mol. The molecule has 1 aromatic heterocycles. The number of ether oxygens (including phenoxy) is 3. The van der Waals surface area contributed by atoms with Gasteiger partial charge in [-0.2, -0.15) is 0 Å². The number of fused-ring (bicyclic) bond motifs is 4. The van der Waals surface area contributed by atoms with Crippen molar-refractivity contribution in [2.24, 2.45) is 7.05 Å². The fourth-order valence-electron chi connectivity index (χ4n) is 4.36. The number of ketones is 1. The van der Waals surface area contributed by atoms with Gasteiger partial charge < -0.3 is 18.8 Å². The first-order chi connectivity index (χ1) is 14.9. The molecule has 2 aromatic carbocycles. The first-order valence-corrected chi connectivity index (χ1v) is 10.5. The highest BCUT2D eigenvalue weighted by molar-refractivity contribution is 6.16. The molecule has 2 aliphatic rings. The average Bonchev–Trinajstić information content (AvgIpc) is 3.25. The third-order valence-corrected chi connectivity index (χ3v) is 6.19. The van der Waals surface area contributed by atoms with Crippen LogP contribution in [0.25, 0.3) is 17.0 Å². The van der Waals surface area contributed by atoms with Gasteiger partial charge in [0.15, 0.2) is 5.76 Å². The van der Waals surface area contributed by atoms with Gasteiger partial charge in [0.1, 0.15) is 24.0 Å². The van der Waals surface area contributed by atoms with Crippen LogP contribution in [0, 0.1) is 6.92 Å². The van der Waals surface area contributed by atoms with Gasteiger partial charge in [-0.05, 0) is 56.7 Å². The number of methoxy groups -OCH3 is 1. The Morgan fingerprint density at radius 2 is 2.03 bits per heavy atom. The van der Waals surface area contributed by atoms with Gasteiger partial charge in [0.2, 0.25) is 5.78 Å². The largest absolute Gasteiger partial charge is 0.497 e. The fraction of sp³-hybridized carbons (Fsp3) is 0.320. The van der Waals surface area contributed by atoms with E-state index >= 15 is 0 Å². The van der Waals surface area contributed by atoms with E-state index in [2.05, 4.69) is 18.7 Å². The summed E-state index contributed by atoms with van der Waals surface area (Å²) in [5.74, 6) is 2.46. The number of hydrogen-bond donors (Lipinski definition) is 0. The number of rotatable bonds is 3. The molecule has 0 aliphatic carbocycles. The molecule has 6 nitrogen and oxygen atoms in total. The third-order valence-electron chi connectivity index (χ3n) is 6.19. The molecule has 0 saturated carbocycles. The summed E-state index contributed by atoms with van der Waals surface area (Å²) in [4.78, 5) is 15.5. The van der Waals surface area contributed by atoms with Crippen LogP contribution in [0.2, 0.25) is 0 Å². The molecule has 0 fully saturated rings. The smallest absolute Gasteiger partial charge is 0.232 e. The van der Waals surface area contributed by atoms with Crippen molar-refractivity contribution in [2.75, 3.05) is 13.8 Å². The Morgan fingerprint density at radius 1 is 1.23 bits per heavy atom. The molecule has 0 radical (unpaired) electrons. The van der Waals surface area contributed by atoms with E-state index < -0.39 is 0 Å². The van der Waals surface area contributed by atoms with Crippen LogP contribution in [-0.4, -0.2) is 35.1 Å². The molecule has 0 spiro atoms. The molecule has 2 aliphatic heterocycles. The van der Waals surface area contributed by atoms with Gasteiger partial charge in [-0.25, -0.2) is 0 Å². The first kappa shape index (κ1) is 19.7. The number of nitrogens with zero attached hydrogens (tertiary/aromatic N) is 2. The van der Waals surface area contributed by atoms with Crippen molar-refractivity contribution in [2.45, 2.75) is 33.4 Å². The molecular weight excluding hydrogens is 392 g/mol. The molecule has 0 saturated heterocycles. The Labute approximate surface area is 181 Å². The Morgan fingerprint density at radius 3 is 2.77 bits per heavy atom. The van der Waals surface area contributed by atoms with Crippen LogP contribution in [0.4, 0.5) is 0 Å². The number of allylic oxidation sites excluding steroid dienone is 1. The summed E-state index contributed by atoms with van der Waals surface area (Å²) in [6.45, 7) is 7.44. The summed E-state index contributed by atoms with van der Waals surface area (Å²) in [7, 11) is 3.64. The second kappa shape index (κ2) is 7.17. The predicted octanol–water partition coefficient (Wildman–Crippen LogP) is 4.67. The molecule has 0 N–H and O–H groups in total. The lowest BCUT2D eigenvalue weighted by molar-refractivity contribution is 0.0673. The lowest BCUT2D eigenvalue weighted by Crippen LogP contribution is -2.37. The fourth-order valence-corrected chi connectivity index (χ4v) is 4.36. The van der Waals surface area contributed by atoms with E-state index in [1.807, 2.05) is 55.1 Å². The maximum Gasteiger partial charge on any atom is 0.232 e. The van der Waals surface area contributed by atoms with E-state index in [1.165, 1.54) is 0 Å². The zero-order valence-corrected chi connectivity index (χ0v) is 18.5. The Kier molecular flexibility index (Phi) is 4.55. The zero-order chi connectivity index (χ0) is 21.9. The molecular formula is C25H26N2O4. The standard InChI is InChI=1S/C25H26N2O4/c1-14(2)27-12-19-21(30-13-27)8-15(3)23-24(28)22(31-25(19)23)9-16-11-26(4)20-7-6-17(29-5)10-18(16)20/h6-11,14H,12-13H2,1-5H3/b22-9-. The van der Waals surface area contributed by atoms with Crippen LogP contribution in [0.1, 0.15) is 40.9 Å². The Hall–Kier alpha value is -3.25. The van der Waals surface area contributed by atoms with Crippen molar-refractivity contribution < 1.29 is 19.0 Å². The van der Waals surface area contributed by atoms with E-state index in [9.17, 15) is 4.79 Å². The number of aryl methyl sites for hydroxylation is 2. The molecule has 3 heterocycles. The SMILES string of the molecule is COc1ccc2c(c1)c(/C=C1\Oc3c4c(cc(C)c3C1=O)OCN(C(C)C)C4)cn2C. The summed E-state index contributed by atoms with van der Waals surface area (Å²) in [5.41, 5.74) is 4.43. The van der Waals surface area contributed by atoms with Crippen LogP contribution in [0.3, 0.4) is 0 Å². The minimum absolute atomic E-state index is 0.0862. The molecule has 31 heavy (non-hydrogen) atoms. The van der Waals surface area contributed by atoms with Crippen LogP contribution < -0.4 is 14.2 Å². The molecule has 0 unspecified atom stereocenters. The highest BCUT2D eigenvalue weighted by atomic mass is 16.5.